The smallest absolute Gasteiger partial charge is 0.355 e. The van der Waals surface area contributed by atoms with Crippen LogP contribution in [0.3, 0.4) is 0 Å². The van der Waals surface area contributed by atoms with Gasteiger partial charge in [-0.15, -0.1) is 0 Å². The molecule has 36 heavy (non-hydrogen) atoms. The molecule has 0 bridgehead atoms. The normalized spacial score (nSPS) is 18.1. The van der Waals surface area contributed by atoms with E-state index >= 15 is 4.39 Å². The van der Waals surface area contributed by atoms with Crippen LogP contribution in [0.2, 0.25) is 0 Å². The van der Waals surface area contributed by atoms with Crippen LogP contribution < -0.4 is 15.5 Å². The van der Waals surface area contributed by atoms with Crippen molar-refractivity contribution in [3.63, 3.8) is 0 Å². The third-order valence-corrected chi connectivity index (χ3v) is 6.15. The Hall–Kier alpha value is -4.36. The standard InChI is InChI=1S/C26H25FN4O5/c1-34-25(32)21-20(16-7-4-3-5-8-16)17(15-28)24(29)31(23(21)26(33)35-2)22-18(27)9-6-10-19(22)30-11-13-36-14-12-30/h3-10,20H,11-14,29H2,1-2H3. The van der Waals surface area contributed by atoms with Gasteiger partial charge in [0, 0.05) is 13.1 Å². The summed E-state index contributed by atoms with van der Waals surface area (Å²) in [6.45, 7) is 1.78. The fourth-order valence-corrected chi connectivity index (χ4v) is 4.53. The summed E-state index contributed by atoms with van der Waals surface area (Å²) in [6.07, 6.45) is 0. The van der Waals surface area contributed by atoms with E-state index in [0.29, 0.717) is 37.6 Å². The predicted octanol–water partition coefficient (Wildman–Crippen LogP) is 2.56. The highest BCUT2D eigenvalue weighted by Crippen LogP contribution is 2.46. The third kappa shape index (κ3) is 4.25. The molecule has 0 radical (unpaired) electrons. The molecule has 0 saturated carbocycles. The van der Waals surface area contributed by atoms with E-state index in [2.05, 4.69) is 6.07 Å². The lowest BCUT2D eigenvalue weighted by Gasteiger charge is -2.39. The Balaban J connectivity index is 2.07. The highest BCUT2D eigenvalue weighted by Gasteiger charge is 2.44. The zero-order chi connectivity index (χ0) is 25.8. The Bertz CT molecular complexity index is 1280. The summed E-state index contributed by atoms with van der Waals surface area (Å²) in [6, 6.07) is 15.1. The number of methoxy groups -OCH3 is 2. The summed E-state index contributed by atoms with van der Waals surface area (Å²) in [5.41, 5.74) is 6.84. The van der Waals surface area contributed by atoms with Gasteiger partial charge >= 0.3 is 11.9 Å². The van der Waals surface area contributed by atoms with Gasteiger partial charge in [-0.2, -0.15) is 5.26 Å². The Labute approximate surface area is 207 Å². The van der Waals surface area contributed by atoms with E-state index in [0.717, 1.165) is 19.1 Å². The van der Waals surface area contributed by atoms with E-state index in [-0.39, 0.29) is 28.4 Å². The summed E-state index contributed by atoms with van der Waals surface area (Å²) >= 11 is 0. The summed E-state index contributed by atoms with van der Waals surface area (Å²) in [5.74, 6) is -3.75. The van der Waals surface area contributed by atoms with Gasteiger partial charge in [0.25, 0.3) is 0 Å². The van der Waals surface area contributed by atoms with Gasteiger partial charge in [0.1, 0.15) is 23.0 Å². The molecule has 2 heterocycles. The molecule has 9 nitrogen and oxygen atoms in total. The minimum Gasteiger partial charge on any atom is -0.466 e. The number of morpholine rings is 1. The van der Waals surface area contributed by atoms with Crippen molar-refractivity contribution in [3.8, 4) is 6.07 Å². The number of carbonyl (C=O) groups excluding carboxylic acids is 2. The van der Waals surface area contributed by atoms with Crippen LogP contribution in [0.15, 0.2) is 71.2 Å². The van der Waals surface area contributed by atoms with Gasteiger partial charge < -0.3 is 24.8 Å². The molecule has 0 spiro atoms. The molecule has 2 aliphatic heterocycles. The number of rotatable bonds is 5. The molecule has 0 amide bonds. The molecule has 1 fully saturated rings. The second-order valence-electron chi connectivity index (χ2n) is 8.04. The molecule has 2 aromatic rings. The van der Waals surface area contributed by atoms with Crippen LogP contribution in [0.25, 0.3) is 0 Å². The Kier molecular flexibility index (Phi) is 7.22. The minimum absolute atomic E-state index is 0.0366. The Morgan fingerprint density at radius 2 is 1.72 bits per heavy atom. The number of benzene rings is 2. The number of esters is 2. The van der Waals surface area contributed by atoms with E-state index in [1.165, 1.54) is 12.1 Å². The number of allylic oxidation sites excluding steroid dienone is 1. The third-order valence-electron chi connectivity index (χ3n) is 6.15. The number of carbonyl (C=O) groups is 2. The maximum Gasteiger partial charge on any atom is 0.355 e. The molecule has 2 aromatic carbocycles. The highest BCUT2D eigenvalue weighted by molar-refractivity contribution is 6.07. The van der Waals surface area contributed by atoms with Crippen LogP contribution in [-0.4, -0.2) is 52.5 Å². The lowest BCUT2D eigenvalue weighted by molar-refractivity contribution is -0.139. The number of para-hydroxylation sites is 1. The first-order valence-electron chi connectivity index (χ1n) is 11.2. The number of hydrogen-bond donors (Lipinski definition) is 1. The van der Waals surface area contributed by atoms with Crippen molar-refractivity contribution in [2.24, 2.45) is 5.73 Å². The number of nitrogens with two attached hydrogens (primary N) is 1. The molecule has 1 atom stereocenters. The number of ether oxygens (including phenoxy) is 3. The van der Waals surface area contributed by atoms with Crippen molar-refractivity contribution in [1.29, 1.82) is 5.26 Å². The fourth-order valence-electron chi connectivity index (χ4n) is 4.53. The van der Waals surface area contributed by atoms with Gasteiger partial charge in [0.05, 0.1) is 56.3 Å². The quantitative estimate of drug-likeness (QED) is 0.628. The fraction of sp³-hybridized carbons (Fsp3) is 0.269. The van der Waals surface area contributed by atoms with E-state index in [1.54, 1.807) is 36.4 Å². The number of nitriles is 1. The van der Waals surface area contributed by atoms with Crippen LogP contribution in [0.4, 0.5) is 15.8 Å². The van der Waals surface area contributed by atoms with Crippen molar-refractivity contribution in [2.75, 3.05) is 50.3 Å². The highest BCUT2D eigenvalue weighted by atomic mass is 19.1. The first kappa shape index (κ1) is 24.8. The lowest BCUT2D eigenvalue weighted by atomic mass is 9.81. The van der Waals surface area contributed by atoms with Crippen LogP contribution in [0, 0.1) is 17.1 Å². The van der Waals surface area contributed by atoms with Crippen molar-refractivity contribution in [1.82, 2.24) is 0 Å². The molecule has 10 heteroatoms. The molecular formula is C26H25FN4O5. The molecule has 1 unspecified atom stereocenters. The summed E-state index contributed by atoms with van der Waals surface area (Å²) in [5, 5.41) is 10.2. The average Bonchev–Trinajstić information content (AvgIpc) is 2.92. The van der Waals surface area contributed by atoms with Crippen LogP contribution in [-0.2, 0) is 23.8 Å². The predicted molar refractivity (Wildman–Crippen MR) is 129 cm³/mol. The van der Waals surface area contributed by atoms with Gasteiger partial charge in [-0.3, -0.25) is 4.90 Å². The van der Waals surface area contributed by atoms with Gasteiger partial charge in [0.2, 0.25) is 0 Å². The number of hydrogen-bond acceptors (Lipinski definition) is 9. The zero-order valence-electron chi connectivity index (χ0n) is 19.9. The van der Waals surface area contributed by atoms with Crippen molar-refractivity contribution >= 4 is 23.3 Å². The Morgan fingerprint density at radius 3 is 2.33 bits per heavy atom. The summed E-state index contributed by atoms with van der Waals surface area (Å²) in [4.78, 5) is 29.4. The second kappa shape index (κ2) is 10.5. The van der Waals surface area contributed by atoms with E-state index < -0.39 is 23.7 Å². The molecular weight excluding hydrogens is 467 g/mol. The van der Waals surface area contributed by atoms with Gasteiger partial charge in [-0.25, -0.2) is 14.0 Å². The molecule has 0 aliphatic carbocycles. The van der Waals surface area contributed by atoms with Crippen LogP contribution >= 0.6 is 0 Å². The van der Waals surface area contributed by atoms with E-state index in [1.807, 2.05) is 4.90 Å². The molecule has 2 aliphatic rings. The minimum atomic E-state index is -1.03. The van der Waals surface area contributed by atoms with E-state index in [4.69, 9.17) is 19.9 Å². The van der Waals surface area contributed by atoms with Crippen molar-refractivity contribution in [3.05, 3.63) is 82.6 Å². The molecule has 4 rings (SSSR count). The second-order valence-corrected chi connectivity index (χ2v) is 8.04. The molecule has 2 N–H and O–H groups in total. The largest absolute Gasteiger partial charge is 0.466 e. The van der Waals surface area contributed by atoms with E-state index in [9.17, 15) is 14.9 Å². The van der Waals surface area contributed by atoms with Gasteiger partial charge in [0.15, 0.2) is 0 Å². The van der Waals surface area contributed by atoms with Crippen molar-refractivity contribution < 1.29 is 28.2 Å². The van der Waals surface area contributed by atoms with Crippen LogP contribution in [0.5, 0.6) is 0 Å². The number of halogens is 1. The maximum absolute atomic E-state index is 15.6. The monoisotopic (exact) mass is 492 g/mol. The lowest BCUT2D eigenvalue weighted by Crippen LogP contribution is -2.43. The SMILES string of the molecule is COC(=O)C1=C(C(=O)OC)N(c2c(F)cccc2N2CCOCC2)C(N)=C(C#N)C1c1ccccc1. The number of anilines is 2. The first-order chi connectivity index (χ1) is 17.4. The Morgan fingerprint density at radius 1 is 1.06 bits per heavy atom. The molecule has 186 valence electrons. The van der Waals surface area contributed by atoms with Gasteiger partial charge in [-0.05, 0) is 17.7 Å². The van der Waals surface area contributed by atoms with Gasteiger partial charge in [-0.1, -0.05) is 36.4 Å². The zero-order valence-corrected chi connectivity index (χ0v) is 19.9. The summed E-state index contributed by atoms with van der Waals surface area (Å²) < 4.78 is 31.1. The van der Waals surface area contributed by atoms with Crippen molar-refractivity contribution in [2.45, 2.75) is 5.92 Å². The summed E-state index contributed by atoms with van der Waals surface area (Å²) in [7, 11) is 2.30. The first-order valence-corrected chi connectivity index (χ1v) is 11.2. The maximum atomic E-state index is 15.6. The topological polar surface area (TPSA) is 118 Å². The molecule has 0 aromatic heterocycles. The average molecular weight is 493 g/mol. The van der Waals surface area contributed by atoms with Crippen LogP contribution in [0.1, 0.15) is 11.5 Å². The number of nitrogens with zero attached hydrogens (tertiary/aromatic N) is 3. The molecule has 1 saturated heterocycles.